The van der Waals surface area contributed by atoms with Gasteiger partial charge in [-0.25, -0.2) is 0 Å². The quantitative estimate of drug-likeness (QED) is 0.0289. The number of carbonyl (C=O) groups excluding carboxylic acids is 3. The number of rotatable bonds is 41. The Bertz CT molecular complexity index is 951. The van der Waals surface area contributed by atoms with Crippen LogP contribution in [0.3, 0.4) is 0 Å². The van der Waals surface area contributed by atoms with Crippen molar-refractivity contribution in [2.45, 2.75) is 219 Å². The molecule has 0 fully saturated rings. The van der Waals surface area contributed by atoms with Crippen LogP contribution >= 0.6 is 0 Å². The molecule has 1 N–H and O–H groups in total. The van der Waals surface area contributed by atoms with Gasteiger partial charge in [0.2, 0.25) is 0 Å². The molecule has 0 spiro atoms. The third-order valence-corrected chi connectivity index (χ3v) is 9.93. The maximum Gasteiger partial charge on any atom is 0.305 e. The predicted molar refractivity (Wildman–Crippen MR) is 229 cm³/mol. The number of aliphatic hydroxyl groups is 1. The molecule has 0 heterocycles. The van der Waals surface area contributed by atoms with E-state index in [1.165, 1.54) is 77.0 Å². The van der Waals surface area contributed by atoms with Crippen LogP contribution in [0.2, 0.25) is 0 Å². The maximum absolute atomic E-state index is 12.1. The van der Waals surface area contributed by atoms with Crippen LogP contribution in [-0.4, -0.2) is 42.6 Å². The molecule has 6 nitrogen and oxygen atoms in total. The Morgan fingerprint density at radius 2 is 0.833 bits per heavy atom. The minimum atomic E-state index is -0.663. The summed E-state index contributed by atoms with van der Waals surface area (Å²) in [5.41, 5.74) is 0. The number of esters is 2. The van der Waals surface area contributed by atoms with Crippen molar-refractivity contribution in [1.82, 2.24) is 0 Å². The van der Waals surface area contributed by atoms with E-state index in [0.29, 0.717) is 45.3 Å². The van der Waals surface area contributed by atoms with E-state index >= 15 is 0 Å². The van der Waals surface area contributed by atoms with Crippen molar-refractivity contribution in [3.8, 4) is 0 Å². The number of carbonyl (C=O) groups is 3. The van der Waals surface area contributed by atoms with Crippen molar-refractivity contribution in [2.75, 3.05) is 13.2 Å². The molecule has 0 aromatic rings. The minimum Gasteiger partial charge on any atom is -0.466 e. The van der Waals surface area contributed by atoms with E-state index in [9.17, 15) is 19.5 Å². The summed E-state index contributed by atoms with van der Waals surface area (Å²) in [7, 11) is 0. The number of aldehydes is 1. The molecular formula is C48H84O6. The van der Waals surface area contributed by atoms with Crippen molar-refractivity contribution >= 4 is 18.2 Å². The average molecular weight is 757 g/mol. The van der Waals surface area contributed by atoms with Gasteiger partial charge in [0.05, 0.1) is 19.3 Å². The van der Waals surface area contributed by atoms with Crippen molar-refractivity contribution < 1.29 is 29.0 Å². The zero-order chi connectivity index (χ0) is 39.4. The number of ether oxygens (including phenoxy) is 2. The summed E-state index contributed by atoms with van der Waals surface area (Å²) in [4.78, 5) is 35.7. The van der Waals surface area contributed by atoms with Crippen LogP contribution in [0, 0.1) is 5.92 Å². The van der Waals surface area contributed by atoms with Crippen LogP contribution in [0.25, 0.3) is 0 Å². The average Bonchev–Trinajstić information content (AvgIpc) is 3.17. The Balaban J connectivity index is 3.61. The summed E-state index contributed by atoms with van der Waals surface area (Å²) in [6.45, 7) is 5.26. The first-order valence-electron chi connectivity index (χ1n) is 22.6. The van der Waals surface area contributed by atoms with Gasteiger partial charge in [0.1, 0.15) is 6.29 Å². The molecule has 0 rings (SSSR count). The van der Waals surface area contributed by atoms with Gasteiger partial charge >= 0.3 is 11.9 Å². The molecule has 2 atom stereocenters. The summed E-state index contributed by atoms with van der Waals surface area (Å²) < 4.78 is 10.8. The second-order valence-corrected chi connectivity index (χ2v) is 15.1. The fraction of sp³-hybridized carbons (Fsp3) is 0.771. The van der Waals surface area contributed by atoms with Crippen LogP contribution < -0.4 is 0 Å². The van der Waals surface area contributed by atoms with Crippen LogP contribution in [0.15, 0.2) is 48.6 Å². The fourth-order valence-corrected chi connectivity index (χ4v) is 6.36. The standard InChI is InChI=1S/C48H84O6/c1-3-5-7-9-11-13-15-17-19-21-23-25-27-29-33-40-47(51)53-42-36-31-32-39-46(50)45(44-49)38-35-37-43-54-48(52)41-34-30-28-26-24-22-20-18-16-14-12-10-8-6-4-2/h11-14,17-20,44-46,50H,3-10,15-16,21-43H2,1-2H3/b13-11-,14-12-,19-17-,20-18-. The molecule has 0 bridgehead atoms. The molecule has 0 aliphatic heterocycles. The van der Waals surface area contributed by atoms with Crippen molar-refractivity contribution in [2.24, 2.45) is 5.92 Å². The minimum absolute atomic E-state index is 0.117. The molecule has 2 unspecified atom stereocenters. The lowest BCUT2D eigenvalue weighted by atomic mass is 9.93. The van der Waals surface area contributed by atoms with E-state index in [2.05, 4.69) is 62.5 Å². The van der Waals surface area contributed by atoms with Crippen molar-refractivity contribution in [1.29, 1.82) is 0 Å². The van der Waals surface area contributed by atoms with Gasteiger partial charge in [0.15, 0.2) is 0 Å². The molecule has 54 heavy (non-hydrogen) atoms. The van der Waals surface area contributed by atoms with Crippen LogP contribution in [-0.2, 0) is 23.9 Å². The Hall–Kier alpha value is -2.47. The van der Waals surface area contributed by atoms with Crippen molar-refractivity contribution in [3.05, 3.63) is 48.6 Å². The van der Waals surface area contributed by atoms with Gasteiger partial charge < -0.3 is 19.4 Å². The van der Waals surface area contributed by atoms with Gasteiger partial charge in [-0.1, -0.05) is 133 Å². The third-order valence-electron chi connectivity index (χ3n) is 9.93. The number of hydrogen-bond donors (Lipinski definition) is 1. The summed E-state index contributed by atoms with van der Waals surface area (Å²) in [5, 5.41) is 10.5. The number of aliphatic hydroxyl groups excluding tert-OH is 1. The number of unbranched alkanes of at least 4 members (excludes halogenated alkanes) is 19. The lowest BCUT2D eigenvalue weighted by molar-refractivity contribution is -0.144. The molecule has 0 saturated heterocycles. The van der Waals surface area contributed by atoms with Gasteiger partial charge in [-0.15, -0.1) is 0 Å². The Labute approximate surface area is 333 Å². The normalized spacial score (nSPS) is 13.1. The zero-order valence-corrected chi connectivity index (χ0v) is 35.2. The van der Waals surface area contributed by atoms with Crippen LogP contribution in [0.4, 0.5) is 0 Å². The summed E-state index contributed by atoms with van der Waals surface area (Å²) >= 11 is 0. The third kappa shape index (κ3) is 39.2. The highest BCUT2D eigenvalue weighted by molar-refractivity contribution is 5.69. The highest BCUT2D eigenvalue weighted by Gasteiger charge is 2.18. The van der Waals surface area contributed by atoms with E-state index in [1.807, 2.05) is 0 Å². The lowest BCUT2D eigenvalue weighted by Crippen LogP contribution is -2.22. The first kappa shape index (κ1) is 51.5. The summed E-state index contributed by atoms with van der Waals surface area (Å²) in [6.07, 6.45) is 49.9. The fourth-order valence-electron chi connectivity index (χ4n) is 6.36. The number of allylic oxidation sites excluding steroid dienone is 8. The summed E-state index contributed by atoms with van der Waals surface area (Å²) in [5.74, 6) is -0.649. The topological polar surface area (TPSA) is 89.9 Å². The number of hydrogen-bond acceptors (Lipinski definition) is 6. The highest BCUT2D eigenvalue weighted by atomic mass is 16.5. The molecule has 0 aromatic heterocycles. The van der Waals surface area contributed by atoms with Crippen LogP contribution in [0.1, 0.15) is 213 Å². The molecule has 0 saturated carbocycles. The van der Waals surface area contributed by atoms with Gasteiger partial charge in [-0.3, -0.25) is 9.59 Å². The molecule has 0 aliphatic rings. The van der Waals surface area contributed by atoms with E-state index < -0.39 is 12.0 Å². The lowest BCUT2D eigenvalue weighted by Gasteiger charge is -2.17. The molecule has 0 aliphatic carbocycles. The molecular weight excluding hydrogens is 673 g/mol. The van der Waals surface area contributed by atoms with Crippen molar-refractivity contribution in [3.63, 3.8) is 0 Å². The van der Waals surface area contributed by atoms with E-state index in [1.54, 1.807) is 0 Å². The zero-order valence-electron chi connectivity index (χ0n) is 35.2. The second-order valence-electron chi connectivity index (χ2n) is 15.1. The maximum atomic E-state index is 12.1. The Morgan fingerprint density at radius 3 is 1.28 bits per heavy atom. The Kier molecular flexibility index (Phi) is 41.3. The highest BCUT2D eigenvalue weighted by Crippen LogP contribution is 2.17. The second kappa shape index (κ2) is 43.3. The first-order valence-corrected chi connectivity index (χ1v) is 22.6. The SMILES string of the molecule is CCCCC/C=C\C/C=C\CCCCCCCC(=O)OCCCCCC(O)C(C=O)CCCCOC(=O)CCCCCCC/C=C\C/C=C\CCCCC. The first-order chi connectivity index (χ1) is 26.5. The van der Waals surface area contributed by atoms with E-state index in [0.717, 1.165) is 96.2 Å². The van der Waals surface area contributed by atoms with Gasteiger partial charge in [-0.2, -0.15) is 0 Å². The smallest absolute Gasteiger partial charge is 0.305 e. The Morgan fingerprint density at radius 1 is 0.463 bits per heavy atom. The molecule has 0 radical (unpaired) electrons. The summed E-state index contributed by atoms with van der Waals surface area (Å²) in [6, 6.07) is 0. The van der Waals surface area contributed by atoms with Gasteiger partial charge in [0.25, 0.3) is 0 Å². The van der Waals surface area contributed by atoms with E-state index in [4.69, 9.17) is 9.47 Å². The van der Waals surface area contributed by atoms with E-state index in [-0.39, 0.29) is 11.9 Å². The van der Waals surface area contributed by atoms with Gasteiger partial charge in [0, 0.05) is 18.8 Å². The molecule has 0 amide bonds. The molecule has 312 valence electrons. The monoisotopic (exact) mass is 757 g/mol. The predicted octanol–water partition coefficient (Wildman–Crippen LogP) is 13.6. The molecule has 0 aromatic carbocycles. The van der Waals surface area contributed by atoms with Gasteiger partial charge in [-0.05, 0) is 116 Å². The molecule has 6 heteroatoms. The van der Waals surface area contributed by atoms with Crippen LogP contribution in [0.5, 0.6) is 0 Å². The largest absolute Gasteiger partial charge is 0.466 e.